The van der Waals surface area contributed by atoms with Crippen molar-refractivity contribution in [3.8, 4) is 0 Å². The highest BCUT2D eigenvalue weighted by molar-refractivity contribution is 6.33. The lowest BCUT2D eigenvalue weighted by Crippen LogP contribution is -2.57. The Morgan fingerprint density at radius 1 is 1.08 bits per heavy atom. The zero-order valence-corrected chi connectivity index (χ0v) is 14.5. The van der Waals surface area contributed by atoms with Crippen LogP contribution in [0.5, 0.6) is 0 Å². The molecule has 5 heteroatoms. The number of carbonyl (C=O) groups excluding carboxylic acids is 2. The average molecular weight is 343 g/mol. The molecule has 1 aliphatic rings. The van der Waals surface area contributed by atoms with Crippen LogP contribution < -0.4 is 4.90 Å². The van der Waals surface area contributed by atoms with Crippen LogP contribution in [-0.2, 0) is 4.79 Å². The Morgan fingerprint density at radius 2 is 1.75 bits per heavy atom. The van der Waals surface area contributed by atoms with Crippen LogP contribution >= 0.6 is 11.6 Å². The lowest BCUT2D eigenvalue weighted by molar-refractivity contribution is -0.124. The summed E-state index contributed by atoms with van der Waals surface area (Å²) in [6.45, 7) is 4.65. The highest BCUT2D eigenvalue weighted by Crippen LogP contribution is 2.28. The van der Waals surface area contributed by atoms with E-state index < -0.39 is 6.04 Å². The summed E-state index contributed by atoms with van der Waals surface area (Å²) in [6.07, 6.45) is 0. The Morgan fingerprint density at radius 3 is 2.42 bits per heavy atom. The van der Waals surface area contributed by atoms with Crippen LogP contribution in [0, 0.1) is 6.92 Å². The third-order valence-electron chi connectivity index (χ3n) is 4.36. The molecule has 0 saturated carbocycles. The summed E-state index contributed by atoms with van der Waals surface area (Å²) < 4.78 is 0. The Hall–Kier alpha value is -2.33. The van der Waals surface area contributed by atoms with E-state index in [1.807, 2.05) is 37.3 Å². The molecular weight excluding hydrogens is 324 g/mol. The van der Waals surface area contributed by atoms with Crippen LogP contribution in [0.3, 0.4) is 0 Å². The number of anilines is 1. The van der Waals surface area contributed by atoms with Crippen molar-refractivity contribution in [1.29, 1.82) is 0 Å². The van der Waals surface area contributed by atoms with E-state index in [1.54, 1.807) is 34.9 Å². The minimum atomic E-state index is -0.524. The molecule has 0 aromatic heterocycles. The number of benzene rings is 2. The third kappa shape index (κ3) is 3.02. The molecule has 124 valence electrons. The Kier molecular flexibility index (Phi) is 4.58. The van der Waals surface area contributed by atoms with Gasteiger partial charge in [-0.05, 0) is 38.1 Å². The number of aryl methyl sites for hydroxylation is 1. The molecule has 1 heterocycles. The predicted octanol–water partition coefficient (Wildman–Crippen LogP) is 3.53. The molecule has 2 aromatic rings. The largest absolute Gasteiger partial charge is 0.325 e. The van der Waals surface area contributed by atoms with Crippen LogP contribution in [0.4, 0.5) is 5.69 Å². The molecule has 2 amide bonds. The summed E-state index contributed by atoms with van der Waals surface area (Å²) >= 11 is 6.21. The van der Waals surface area contributed by atoms with Gasteiger partial charge in [-0.1, -0.05) is 41.4 Å². The van der Waals surface area contributed by atoms with Gasteiger partial charge in [-0.2, -0.15) is 0 Å². The zero-order chi connectivity index (χ0) is 17.3. The summed E-state index contributed by atoms with van der Waals surface area (Å²) in [6, 6.07) is 14.1. The van der Waals surface area contributed by atoms with E-state index in [0.717, 1.165) is 5.56 Å². The lowest BCUT2D eigenvalue weighted by Gasteiger charge is -2.39. The SMILES string of the molecule is Cc1ccc(C(=O)N2CCN(c3ccccc3Cl)C(=O)[C@H]2C)cc1. The Labute approximate surface area is 146 Å². The first-order valence-electron chi connectivity index (χ1n) is 7.92. The number of para-hydroxylation sites is 1. The van der Waals surface area contributed by atoms with E-state index in [9.17, 15) is 9.59 Å². The fourth-order valence-electron chi connectivity index (χ4n) is 2.92. The van der Waals surface area contributed by atoms with Gasteiger partial charge in [0.15, 0.2) is 0 Å². The van der Waals surface area contributed by atoms with Gasteiger partial charge < -0.3 is 9.80 Å². The van der Waals surface area contributed by atoms with Crippen molar-refractivity contribution < 1.29 is 9.59 Å². The fourth-order valence-corrected chi connectivity index (χ4v) is 3.16. The molecular formula is C19H19ClN2O2. The first kappa shape index (κ1) is 16.5. The number of amides is 2. The van der Waals surface area contributed by atoms with Gasteiger partial charge in [0.1, 0.15) is 6.04 Å². The minimum absolute atomic E-state index is 0.116. The molecule has 0 radical (unpaired) electrons. The van der Waals surface area contributed by atoms with E-state index in [0.29, 0.717) is 29.4 Å². The maximum Gasteiger partial charge on any atom is 0.254 e. The van der Waals surface area contributed by atoms with Gasteiger partial charge in [-0.25, -0.2) is 0 Å². The number of carbonyl (C=O) groups is 2. The van der Waals surface area contributed by atoms with E-state index in [-0.39, 0.29) is 11.8 Å². The van der Waals surface area contributed by atoms with Crippen LogP contribution in [0.2, 0.25) is 5.02 Å². The van der Waals surface area contributed by atoms with E-state index >= 15 is 0 Å². The van der Waals surface area contributed by atoms with Crippen molar-refractivity contribution in [1.82, 2.24) is 4.90 Å². The molecule has 2 aromatic carbocycles. The van der Waals surface area contributed by atoms with Crippen molar-refractivity contribution in [2.75, 3.05) is 18.0 Å². The normalized spacial score (nSPS) is 18.0. The highest BCUT2D eigenvalue weighted by Gasteiger charge is 2.35. The number of rotatable bonds is 2. The number of nitrogens with zero attached hydrogens (tertiary/aromatic N) is 2. The quantitative estimate of drug-likeness (QED) is 0.837. The van der Waals surface area contributed by atoms with Gasteiger partial charge in [0, 0.05) is 18.7 Å². The molecule has 1 fully saturated rings. The highest BCUT2D eigenvalue weighted by atomic mass is 35.5. The van der Waals surface area contributed by atoms with Crippen molar-refractivity contribution in [2.24, 2.45) is 0 Å². The molecule has 3 rings (SSSR count). The summed E-state index contributed by atoms with van der Waals surface area (Å²) in [5.41, 5.74) is 2.39. The van der Waals surface area contributed by atoms with Crippen molar-refractivity contribution >= 4 is 29.1 Å². The Balaban J connectivity index is 1.81. The molecule has 0 unspecified atom stereocenters. The topological polar surface area (TPSA) is 40.6 Å². The van der Waals surface area contributed by atoms with E-state index in [2.05, 4.69) is 0 Å². The number of hydrogen-bond acceptors (Lipinski definition) is 2. The number of halogens is 1. The molecule has 0 N–H and O–H groups in total. The molecule has 4 nitrogen and oxygen atoms in total. The maximum absolute atomic E-state index is 12.8. The van der Waals surface area contributed by atoms with Crippen LogP contribution in [-0.4, -0.2) is 35.8 Å². The average Bonchev–Trinajstić information content (AvgIpc) is 2.58. The van der Waals surface area contributed by atoms with Gasteiger partial charge in [0.25, 0.3) is 5.91 Å². The predicted molar refractivity (Wildman–Crippen MR) is 95.5 cm³/mol. The molecule has 0 spiro atoms. The summed E-state index contributed by atoms with van der Waals surface area (Å²) in [4.78, 5) is 28.7. The smallest absolute Gasteiger partial charge is 0.254 e. The Bertz CT molecular complexity index is 773. The zero-order valence-electron chi connectivity index (χ0n) is 13.7. The van der Waals surface area contributed by atoms with Crippen molar-refractivity contribution in [3.05, 3.63) is 64.7 Å². The second kappa shape index (κ2) is 6.65. The van der Waals surface area contributed by atoms with Crippen LogP contribution in [0.25, 0.3) is 0 Å². The molecule has 1 atom stereocenters. The molecule has 0 aliphatic carbocycles. The van der Waals surface area contributed by atoms with Gasteiger partial charge in [0.2, 0.25) is 5.91 Å². The minimum Gasteiger partial charge on any atom is -0.325 e. The second-order valence-electron chi connectivity index (χ2n) is 5.98. The van der Waals surface area contributed by atoms with Crippen LogP contribution in [0.1, 0.15) is 22.8 Å². The van der Waals surface area contributed by atoms with Crippen molar-refractivity contribution in [2.45, 2.75) is 19.9 Å². The van der Waals surface area contributed by atoms with E-state index in [4.69, 9.17) is 11.6 Å². The van der Waals surface area contributed by atoms with Crippen LogP contribution in [0.15, 0.2) is 48.5 Å². The molecule has 24 heavy (non-hydrogen) atoms. The van der Waals surface area contributed by atoms with Gasteiger partial charge in [-0.3, -0.25) is 9.59 Å². The maximum atomic E-state index is 12.8. The van der Waals surface area contributed by atoms with Gasteiger partial charge in [-0.15, -0.1) is 0 Å². The van der Waals surface area contributed by atoms with Gasteiger partial charge in [0.05, 0.1) is 10.7 Å². The number of piperazine rings is 1. The number of hydrogen-bond donors (Lipinski definition) is 0. The molecule has 1 aliphatic heterocycles. The third-order valence-corrected chi connectivity index (χ3v) is 4.68. The van der Waals surface area contributed by atoms with Gasteiger partial charge >= 0.3 is 0 Å². The first-order chi connectivity index (χ1) is 11.5. The van der Waals surface area contributed by atoms with E-state index in [1.165, 1.54) is 0 Å². The summed E-state index contributed by atoms with van der Waals surface area (Å²) in [5, 5.41) is 0.538. The van der Waals surface area contributed by atoms with Crippen molar-refractivity contribution in [3.63, 3.8) is 0 Å². The fraction of sp³-hybridized carbons (Fsp3) is 0.263. The monoisotopic (exact) mass is 342 g/mol. The summed E-state index contributed by atoms with van der Waals surface area (Å²) in [7, 11) is 0. The first-order valence-corrected chi connectivity index (χ1v) is 8.30. The molecule has 0 bridgehead atoms. The molecule has 1 saturated heterocycles. The summed E-state index contributed by atoms with van der Waals surface area (Å²) in [5.74, 6) is -0.232. The lowest BCUT2D eigenvalue weighted by atomic mass is 10.1. The standard InChI is InChI=1S/C19H19ClN2O2/c1-13-7-9-15(10-8-13)19(24)21-11-12-22(18(23)14(21)2)17-6-4-3-5-16(17)20/h3-10,14H,11-12H2,1-2H3/t14-/m1/s1. The second-order valence-corrected chi connectivity index (χ2v) is 6.39.